The largest absolute Gasteiger partial charge is 0.311 e. The van der Waals surface area contributed by atoms with Gasteiger partial charge in [-0.1, -0.05) is 157 Å². The summed E-state index contributed by atoms with van der Waals surface area (Å²) in [5.41, 5.74) is 16.9. The molecule has 0 amide bonds. The lowest BCUT2D eigenvalue weighted by Crippen LogP contribution is -2.61. The maximum atomic E-state index is 2.53. The van der Waals surface area contributed by atoms with Gasteiger partial charge in [-0.15, -0.1) is 0 Å². The summed E-state index contributed by atoms with van der Waals surface area (Å²) in [4.78, 5) is 7.52. The van der Waals surface area contributed by atoms with Gasteiger partial charge < -0.3 is 14.7 Å². The Kier molecular flexibility index (Phi) is 8.39. The molecule has 3 nitrogen and oxygen atoms in total. The number of para-hydroxylation sites is 4. The standard InChI is InChI=1S/C54H48BN3/c1-53(2,3)38-30-32-41(33-31-38)56(48-34-29-37-19-13-14-24-43(37)51(48)54(4,5)6)42-35-49-52-50(36-42)58(40-22-11-8-12-23-40)47-28-18-16-26-45(47)55(52)44-25-15-17-27-46(44)57(49)39-20-9-7-10-21-39/h7-36H,1-6H3. The second-order valence-corrected chi connectivity index (χ2v) is 17.9. The van der Waals surface area contributed by atoms with E-state index in [9.17, 15) is 0 Å². The average Bonchev–Trinajstić information content (AvgIpc) is 3.23. The van der Waals surface area contributed by atoms with Gasteiger partial charge in [-0.2, -0.15) is 0 Å². The third-order valence-electron chi connectivity index (χ3n) is 12.0. The summed E-state index contributed by atoms with van der Waals surface area (Å²) in [5, 5.41) is 2.53. The molecule has 8 aromatic rings. The Labute approximate surface area is 343 Å². The van der Waals surface area contributed by atoms with Crippen LogP contribution in [0.15, 0.2) is 182 Å². The van der Waals surface area contributed by atoms with Crippen LogP contribution in [0.2, 0.25) is 0 Å². The predicted molar refractivity (Wildman–Crippen MR) is 250 cm³/mol. The highest BCUT2D eigenvalue weighted by Crippen LogP contribution is 2.50. The van der Waals surface area contributed by atoms with Crippen molar-refractivity contribution in [3.05, 3.63) is 193 Å². The fraction of sp³-hybridized carbons (Fsp3) is 0.148. The Hall–Kier alpha value is -6.52. The van der Waals surface area contributed by atoms with Crippen molar-refractivity contribution in [1.82, 2.24) is 0 Å². The number of hydrogen-bond donors (Lipinski definition) is 0. The normalized spacial score (nSPS) is 13.2. The third kappa shape index (κ3) is 5.81. The molecule has 282 valence electrons. The monoisotopic (exact) mass is 749 g/mol. The van der Waals surface area contributed by atoms with E-state index in [1.54, 1.807) is 0 Å². The first-order valence-electron chi connectivity index (χ1n) is 20.6. The van der Waals surface area contributed by atoms with E-state index in [1.165, 1.54) is 66.7 Å². The van der Waals surface area contributed by atoms with Crippen LogP contribution in [0.4, 0.5) is 51.2 Å². The van der Waals surface area contributed by atoms with Gasteiger partial charge in [-0.05, 0) is 116 Å². The molecule has 0 fully saturated rings. The molecule has 0 unspecified atom stereocenters. The molecule has 8 aromatic carbocycles. The molecule has 0 aliphatic carbocycles. The van der Waals surface area contributed by atoms with Crippen molar-refractivity contribution < 1.29 is 0 Å². The molecule has 0 radical (unpaired) electrons. The lowest BCUT2D eigenvalue weighted by Gasteiger charge is -2.45. The first-order valence-corrected chi connectivity index (χ1v) is 20.6. The van der Waals surface area contributed by atoms with Crippen molar-refractivity contribution >= 4 is 85.1 Å². The fourth-order valence-electron chi connectivity index (χ4n) is 9.49. The fourth-order valence-corrected chi connectivity index (χ4v) is 9.49. The molecule has 0 saturated heterocycles. The molecular formula is C54H48BN3. The summed E-state index contributed by atoms with van der Waals surface area (Å²) in [6.45, 7) is 14.0. The molecule has 58 heavy (non-hydrogen) atoms. The van der Waals surface area contributed by atoms with Gasteiger partial charge in [-0.3, -0.25) is 0 Å². The molecule has 2 aliphatic rings. The zero-order valence-electron chi connectivity index (χ0n) is 34.2. The van der Waals surface area contributed by atoms with E-state index in [2.05, 4.69) is 238 Å². The average molecular weight is 750 g/mol. The van der Waals surface area contributed by atoms with Crippen molar-refractivity contribution in [1.29, 1.82) is 0 Å². The van der Waals surface area contributed by atoms with E-state index >= 15 is 0 Å². The summed E-state index contributed by atoms with van der Waals surface area (Å²) in [6.07, 6.45) is 0. The SMILES string of the molecule is CC(C)(C)c1ccc(N(c2cc3c4c(c2)N(c2ccccc2)c2ccccc2B4c2ccccc2N3c2ccccc2)c2ccc3ccccc3c2C(C)(C)C)cc1. The molecule has 0 aromatic heterocycles. The minimum absolute atomic E-state index is 0.0288. The Morgan fingerprint density at radius 3 is 1.47 bits per heavy atom. The minimum atomic E-state index is -0.155. The topological polar surface area (TPSA) is 9.72 Å². The van der Waals surface area contributed by atoms with Gasteiger partial charge in [0.1, 0.15) is 0 Å². The Morgan fingerprint density at radius 2 is 0.931 bits per heavy atom. The predicted octanol–water partition coefficient (Wildman–Crippen LogP) is 13.0. The van der Waals surface area contributed by atoms with E-state index < -0.39 is 0 Å². The molecule has 4 heteroatoms. The van der Waals surface area contributed by atoms with Gasteiger partial charge in [0.2, 0.25) is 0 Å². The summed E-state index contributed by atoms with van der Waals surface area (Å²) in [5.74, 6) is 0. The van der Waals surface area contributed by atoms with Crippen molar-refractivity contribution in [3.8, 4) is 0 Å². The smallest absolute Gasteiger partial charge is 0.252 e. The Morgan fingerprint density at radius 1 is 0.431 bits per heavy atom. The number of fused-ring (bicyclic) bond motifs is 5. The second-order valence-electron chi connectivity index (χ2n) is 17.9. The molecule has 0 spiro atoms. The van der Waals surface area contributed by atoms with E-state index in [0.717, 1.165) is 22.7 Å². The molecule has 2 aliphatic heterocycles. The molecule has 0 bridgehead atoms. The molecule has 0 atom stereocenters. The van der Waals surface area contributed by atoms with Crippen LogP contribution < -0.4 is 31.1 Å². The highest BCUT2D eigenvalue weighted by atomic mass is 15.2. The number of rotatable bonds is 5. The molecule has 2 heterocycles. The van der Waals surface area contributed by atoms with Crippen LogP contribution in [0.25, 0.3) is 10.8 Å². The van der Waals surface area contributed by atoms with E-state index in [-0.39, 0.29) is 17.5 Å². The van der Waals surface area contributed by atoms with Crippen LogP contribution in [-0.4, -0.2) is 6.71 Å². The van der Waals surface area contributed by atoms with Crippen molar-refractivity contribution in [2.45, 2.75) is 52.4 Å². The van der Waals surface area contributed by atoms with Crippen LogP contribution in [-0.2, 0) is 10.8 Å². The zero-order valence-corrected chi connectivity index (χ0v) is 34.2. The summed E-state index contributed by atoms with van der Waals surface area (Å²) >= 11 is 0. The molecule has 0 saturated carbocycles. The Balaban J connectivity index is 1.34. The molecular weight excluding hydrogens is 701 g/mol. The summed E-state index contributed by atoms with van der Waals surface area (Å²) in [6, 6.07) is 67.5. The first-order chi connectivity index (χ1) is 28.1. The van der Waals surface area contributed by atoms with Crippen LogP contribution in [0.1, 0.15) is 52.7 Å². The molecule has 0 N–H and O–H groups in total. The summed E-state index contributed by atoms with van der Waals surface area (Å²) < 4.78 is 0. The molecule has 10 rings (SSSR count). The zero-order chi connectivity index (χ0) is 39.8. The minimum Gasteiger partial charge on any atom is -0.311 e. The maximum absolute atomic E-state index is 2.53. The van der Waals surface area contributed by atoms with Gasteiger partial charge in [0.15, 0.2) is 0 Å². The second kappa shape index (κ2) is 13.6. The van der Waals surface area contributed by atoms with E-state index in [1.807, 2.05) is 0 Å². The van der Waals surface area contributed by atoms with Crippen molar-refractivity contribution in [2.24, 2.45) is 0 Å². The Bertz CT molecular complexity index is 2700. The van der Waals surface area contributed by atoms with Gasteiger partial charge in [0, 0.05) is 39.8 Å². The lowest BCUT2D eigenvalue weighted by molar-refractivity contribution is 0.590. The first kappa shape index (κ1) is 35.9. The van der Waals surface area contributed by atoms with E-state index in [0.29, 0.717) is 0 Å². The van der Waals surface area contributed by atoms with Crippen LogP contribution >= 0.6 is 0 Å². The van der Waals surface area contributed by atoms with Gasteiger partial charge >= 0.3 is 0 Å². The number of benzene rings is 8. The number of anilines is 9. The van der Waals surface area contributed by atoms with Crippen LogP contribution in [0.3, 0.4) is 0 Å². The van der Waals surface area contributed by atoms with Crippen LogP contribution in [0.5, 0.6) is 0 Å². The van der Waals surface area contributed by atoms with Crippen molar-refractivity contribution in [3.63, 3.8) is 0 Å². The van der Waals surface area contributed by atoms with Crippen molar-refractivity contribution in [2.75, 3.05) is 14.7 Å². The van der Waals surface area contributed by atoms with Crippen LogP contribution in [0, 0.1) is 0 Å². The van der Waals surface area contributed by atoms with Gasteiger partial charge in [-0.25, -0.2) is 0 Å². The number of nitrogens with zero attached hydrogens (tertiary/aromatic N) is 3. The van der Waals surface area contributed by atoms with Gasteiger partial charge in [0.05, 0.1) is 11.4 Å². The maximum Gasteiger partial charge on any atom is 0.252 e. The lowest BCUT2D eigenvalue weighted by atomic mass is 9.33. The quantitative estimate of drug-likeness (QED) is 0.162. The highest BCUT2D eigenvalue weighted by Gasteiger charge is 2.44. The highest BCUT2D eigenvalue weighted by molar-refractivity contribution is 7.00. The number of hydrogen-bond acceptors (Lipinski definition) is 3. The van der Waals surface area contributed by atoms with E-state index in [4.69, 9.17) is 0 Å². The third-order valence-corrected chi connectivity index (χ3v) is 12.0. The summed E-state index contributed by atoms with van der Waals surface area (Å²) in [7, 11) is 0. The van der Waals surface area contributed by atoms with Gasteiger partial charge in [0.25, 0.3) is 6.71 Å².